The van der Waals surface area contributed by atoms with Gasteiger partial charge in [-0.1, -0.05) is 12.1 Å². The Morgan fingerprint density at radius 1 is 1.53 bits per heavy atom. The first-order valence-corrected chi connectivity index (χ1v) is 6.34. The molecule has 4 nitrogen and oxygen atoms in total. The molecule has 0 saturated heterocycles. The first-order valence-electron chi connectivity index (χ1n) is 5.53. The highest BCUT2D eigenvalue weighted by Gasteiger charge is 2.10. The quantitative estimate of drug-likeness (QED) is 0.858. The van der Waals surface area contributed by atoms with Crippen LogP contribution in [0.4, 0.5) is 0 Å². The van der Waals surface area contributed by atoms with Crippen LogP contribution in [-0.2, 0) is 11.2 Å². The van der Waals surface area contributed by atoms with E-state index in [-0.39, 0.29) is 18.5 Å². The van der Waals surface area contributed by atoms with E-state index in [1.54, 1.807) is 11.3 Å². The molecule has 1 unspecified atom stereocenters. The summed E-state index contributed by atoms with van der Waals surface area (Å²) in [6.07, 6.45) is 0.741. The van der Waals surface area contributed by atoms with Crippen molar-refractivity contribution in [3.05, 3.63) is 29.3 Å². The average molecular weight is 249 g/mol. The van der Waals surface area contributed by atoms with Gasteiger partial charge in [-0.15, -0.1) is 11.3 Å². The van der Waals surface area contributed by atoms with Crippen LogP contribution in [0.5, 0.6) is 0 Å². The fourth-order valence-electron chi connectivity index (χ4n) is 1.65. The number of aromatic nitrogens is 1. The number of carbonyl (C=O) groups excluding carboxylic acids is 1. The fourth-order valence-corrected chi connectivity index (χ4v) is 2.75. The molecule has 1 atom stereocenters. The van der Waals surface area contributed by atoms with Crippen molar-refractivity contribution in [1.82, 2.24) is 10.3 Å². The predicted octanol–water partition coefficient (Wildman–Crippen LogP) is 1.30. The Bertz CT molecular complexity index is 490. The largest absolute Gasteiger partial charge is 0.352 e. The Balaban J connectivity index is 2.05. The van der Waals surface area contributed by atoms with Crippen LogP contribution in [0.2, 0.25) is 0 Å². The van der Waals surface area contributed by atoms with Crippen molar-refractivity contribution in [2.75, 3.05) is 6.54 Å². The molecule has 0 saturated carbocycles. The molecule has 0 spiro atoms. The number of nitrogens with one attached hydrogen (secondary N) is 1. The molecule has 0 aliphatic carbocycles. The van der Waals surface area contributed by atoms with Crippen LogP contribution < -0.4 is 11.1 Å². The predicted molar refractivity (Wildman–Crippen MR) is 70.0 cm³/mol. The van der Waals surface area contributed by atoms with E-state index in [1.807, 2.05) is 25.1 Å². The first-order chi connectivity index (χ1) is 8.19. The minimum atomic E-state index is -0.126. The summed E-state index contributed by atoms with van der Waals surface area (Å²) in [7, 11) is 0. The van der Waals surface area contributed by atoms with Crippen molar-refractivity contribution in [2.24, 2.45) is 5.73 Å². The van der Waals surface area contributed by atoms with Crippen molar-refractivity contribution in [3.63, 3.8) is 0 Å². The van der Waals surface area contributed by atoms with Crippen LogP contribution >= 0.6 is 11.3 Å². The van der Waals surface area contributed by atoms with Crippen LogP contribution in [-0.4, -0.2) is 23.5 Å². The monoisotopic (exact) mass is 249 g/mol. The van der Waals surface area contributed by atoms with E-state index in [0.29, 0.717) is 0 Å². The Morgan fingerprint density at radius 3 is 3.00 bits per heavy atom. The number of benzene rings is 1. The summed E-state index contributed by atoms with van der Waals surface area (Å²) in [4.78, 5) is 15.7. The van der Waals surface area contributed by atoms with Gasteiger partial charge in [-0.25, -0.2) is 4.98 Å². The molecule has 0 radical (unpaired) electrons. The van der Waals surface area contributed by atoms with Crippen LogP contribution in [0.3, 0.4) is 0 Å². The minimum Gasteiger partial charge on any atom is -0.352 e. The molecule has 0 aliphatic rings. The maximum absolute atomic E-state index is 11.1. The molecule has 1 amide bonds. The molecule has 17 heavy (non-hydrogen) atoms. The molecular formula is C12H15N3OS. The number of fused-ring (bicyclic) bond motifs is 1. The van der Waals surface area contributed by atoms with Gasteiger partial charge in [-0.05, 0) is 19.1 Å². The standard InChI is InChI=1S/C12H15N3OS/c1-8(14-11(16)7-13)6-12-15-9-4-2-3-5-10(9)17-12/h2-5,8H,6-7,13H2,1H3,(H,14,16). The van der Waals surface area contributed by atoms with Gasteiger partial charge in [0.15, 0.2) is 0 Å². The topological polar surface area (TPSA) is 68.0 Å². The lowest BCUT2D eigenvalue weighted by Gasteiger charge is -2.10. The van der Waals surface area contributed by atoms with Crippen LogP contribution in [0, 0.1) is 0 Å². The number of thiazole rings is 1. The van der Waals surface area contributed by atoms with Crippen molar-refractivity contribution in [3.8, 4) is 0 Å². The second-order valence-corrected chi connectivity index (χ2v) is 5.07. The molecule has 2 aromatic rings. The molecule has 1 aromatic heterocycles. The number of nitrogens with two attached hydrogens (primary N) is 1. The third-order valence-corrected chi connectivity index (χ3v) is 3.47. The zero-order valence-electron chi connectivity index (χ0n) is 9.64. The van der Waals surface area contributed by atoms with E-state index in [4.69, 9.17) is 5.73 Å². The minimum absolute atomic E-state index is 0.0319. The lowest BCUT2D eigenvalue weighted by Crippen LogP contribution is -2.38. The maximum Gasteiger partial charge on any atom is 0.233 e. The molecule has 0 bridgehead atoms. The lowest BCUT2D eigenvalue weighted by atomic mass is 10.2. The molecule has 0 aliphatic heterocycles. The molecule has 5 heteroatoms. The van der Waals surface area contributed by atoms with Gasteiger partial charge in [0.1, 0.15) is 0 Å². The molecule has 0 fully saturated rings. The van der Waals surface area contributed by atoms with Gasteiger partial charge < -0.3 is 11.1 Å². The van der Waals surface area contributed by atoms with Gasteiger partial charge >= 0.3 is 0 Å². The van der Waals surface area contributed by atoms with Crippen molar-refractivity contribution >= 4 is 27.5 Å². The summed E-state index contributed by atoms with van der Waals surface area (Å²) in [5.41, 5.74) is 6.27. The second kappa shape index (κ2) is 5.25. The summed E-state index contributed by atoms with van der Waals surface area (Å²) >= 11 is 1.67. The van der Waals surface area contributed by atoms with Gasteiger partial charge in [0.05, 0.1) is 21.8 Å². The first kappa shape index (κ1) is 12.0. The van der Waals surface area contributed by atoms with E-state index in [2.05, 4.69) is 16.4 Å². The van der Waals surface area contributed by atoms with Crippen molar-refractivity contribution in [2.45, 2.75) is 19.4 Å². The normalized spacial score (nSPS) is 12.6. The van der Waals surface area contributed by atoms with E-state index in [0.717, 1.165) is 16.9 Å². The maximum atomic E-state index is 11.1. The SMILES string of the molecule is CC(Cc1nc2ccccc2s1)NC(=O)CN. The number of amides is 1. The third kappa shape index (κ3) is 3.01. The number of rotatable bonds is 4. The summed E-state index contributed by atoms with van der Waals surface area (Å²) in [6, 6.07) is 8.10. The van der Waals surface area contributed by atoms with Gasteiger partial charge in [0.2, 0.25) is 5.91 Å². The second-order valence-electron chi connectivity index (χ2n) is 3.95. The molecule has 2 rings (SSSR count). The van der Waals surface area contributed by atoms with Gasteiger partial charge in [-0.2, -0.15) is 0 Å². The van der Waals surface area contributed by atoms with Gasteiger partial charge in [-0.3, -0.25) is 4.79 Å². The smallest absolute Gasteiger partial charge is 0.233 e. The fraction of sp³-hybridized carbons (Fsp3) is 0.333. The summed E-state index contributed by atoms with van der Waals surface area (Å²) < 4.78 is 1.18. The molecular weight excluding hydrogens is 234 g/mol. The average Bonchev–Trinajstić information content (AvgIpc) is 2.70. The van der Waals surface area contributed by atoms with Crippen molar-refractivity contribution < 1.29 is 4.79 Å². The third-order valence-electron chi connectivity index (χ3n) is 2.41. The van der Waals surface area contributed by atoms with Gasteiger partial charge in [0, 0.05) is 12.5 Å². The highest BCUT2D eigenvalue weighted by Crippen LogP contribution is 2.22. The highest BCUT2D eigenvalue weighted by atomic mass is 32.1. The molecule has 1 aromatic carbocycles. The van der Waals surface area contributed by atoms with E-state index in [9.17, 15) is 4.79 Å². The molecule has 3 N–H and O–H groups in total. The van der Waals surface area contributed by atoms with Crippen LogP contribution in [0.25, 0.3) is 10.2 Å². The Labute approximate surface area is 104 Å². The van der Waals surface area contributed by atoms with E-state index in [1.165, 1.54) is 4.70 Å². The van der Waals surface area contributed by atoms with Crippen LogP contribution in [0.15, 0.2) is 24.3 Å². The summed E-state index contributed by atoms with van der Waals surface area (Å²) in [5, 5.41) is 3.86. The molecule has 1 heterocycles. The van der Waals surface area contributed by atoms with Crippen LogP contribution in [0.1, 0.15) is 11.9 Å². The zero-order chi connectivity index (χ0) is 12.3. The Morgan fingerprint density at radius 2 is 2.29 bits per heavy atom. The lowest BCUT2D eigenvalue weighted by molar-refractivity contribution is -0.120. The zero-order valence-corrected chi connectivity index (χ0v) is 10.5. The van der Waals surface area contributed by atoms with Crippen molar-refractivity contribution in [1.29, 1.82) is 0 Å². The number of nitrogens with zero attached hydrogens (tertiary/aromatic N) is 1. The van der Waals surface area contributed by atoms with Gasteiger partial charge in [0.25, 0.3) is 0 Å². The van der Waals surface area contributed by atoms with E-state index < -0.39 is 0 Å². The number of hydrogen-bond donors (Lipinski definition) is 2. The number of hydrogen-bond acceptors (Lipinski definition) is 4. The summed E-state index contributed by atoms with van der Waals surface area (Å²) in [5.74, 6) is -0.126. The van der Waals surface area contributed by atoms with E-state index >= 15 is 0 Å². The highest BCUT2D eigenvalue weighted by molar-refractivity contribution is 7.18. The summed E-state index contributed by atoms with van der Waals surface area (Å²) in [6.45, 7) is 1.99. The number of para-hydroxylation sites is 1. The molecule has 90 valence electrons. The number of carbonyl (C=O) groups is 1. The Kier molecular flexibility index (Phi) is 3.71. The Hall–Kier alpha value is -1.46.